The third-order valence-corrected chi connectivity index (χ3v) is 5.21. The van der Waals surface area contributed by atoms with Crippen molar-refractivity contribution in [3.8, 4) is 0 Å². The van der Waals surface area contributed by atoms with Gasteiger partial charge in [-0.25, -0.2) is 0 Å². The number of likely N-dealkylation sites (tertiary alicyclic amines) is 1. The Hall–Kier alpha value is -2.17. The Morgan fingerprint density at radius 2 is 1.67 bits per heavy atom. The first kappa shape index (κ1) is 21.1. The molecule has 0 radical (unpaired) electrons. The number of carbonyl (C=O) groups excluding carboxylic acids is 3. The molecule has 1 aromatic carbocycles. The van der Waals surface area contributed by atoms with Gasteiger partial charge in [0.1, 0.15) is 0 Å². The number of hydrogen-bond donors (Lipinski definition) is 0. The topological polar surface area (TPSA) is 63.7 Å². The Morgan fingerprint density at radius 1 is 1.07 bits per heavy atom. The first-order valence-electron chi connectivity index (χ1n) is 9.62. The lowest BCUT2D eigenvalue weighted by Crippen LogP contribution is -2.45. The summed E-state index contributed by atoms with van der Waals surface area (Å²) in [6.45, 7) is 12.4. The minimum absolute atomic E-state index is 0.104. The van der Waals surface area contributed by atoms with Crippen LogP contribution < -0.4 is 0 Å². The highest BCUT2D eigenvalue weighted by molar-refractivity contribution is 6.00. The third-order valence-electron chi connectivity index (χ3n) is 5.21. The van der Waals surface area contributed by atoms with Crippen LogP contribution in [0.25, 0.3) is 0 Å². The normalized spacial score (nSPS) is 16.7. The number of esters is 1. The summed E-state index contributed by atoms with van der Waals surface area (Å²) in [5.74, 6) is -0.689. The number of carbonyl (C=O) groups is 3. The quantitative estimate of drug-likeness (QED) is 0.596. The summed E-state index contributed by atoms with van der Waals surface area (Å²) in [5, 5.41) is 0. The molecule has 5 nitrogen and oxygen atoms in total. The Kier molecular flexibility index (Phi) is 6.45. The van der Waals surface area contributed by atoms with Gasteiger partial charge in [-0.05, 0) is 50.8 Å². The van der Waals surface area contributed by atoms with Crippen molar-refractivity contribution in [2.24, 2.45) is 11.3 Å². The van der Waals surface area contributed by atoms with Crippen molar-refractivity contribution in [2.45, 2.75) is 60.5 Å². The fourth-order valence-electron chi connectivity index (χ4n) is 3.25. The van der Waals surface area contributed by atoms with E-state index in [1.54, 1.807) is 13.0 Å². The number of amides is 1. The summed E-state index contributed by atoms with van der Waals surface area (Å²) in [4.78, 5) is 39.2. The van der Waals surface area contributed by atoms with Crippen LogP contribution in [0.4, 0.5) is 0 Å². The first-order chi connectivity index (χ1) is 12.5. The third kappa shape index (κ3) is 5.18. The van der Waals surface area contributed by atoms with Crippen molar-refractivity contribution < 1.29 is 19.1 Å². The van der Waals surface area contributed by atoms with E-state index in [0.29, 0.717) is 31.5 Å². The van der Waals surface area contributed by atoms with E-state index in [1.807, 2.05) is 51.7 Å². The van der Waals surface area contributed by atoms with E-state index < -0.39 is 11.5 Å². The lowest BCUT2D eigenvalue weighted by molar-refractivity contribution is -0.155. The molecule has 1 heterocycles. The smallest absolute Gasteiger partial charge is 0.309 e. The van der Waals surface area contributed by atoms with Crippen LogP contribution in [0, 0.1) is 25.2 Å². The molecule has 1 saturated heterocycles. The van der Waals surface area contributed by atoms with Crippen LogP contribution in [0.5, 0.6) is 0 Å². The minimum atomic E-state index is -0.811. The van der Waals surface area contributed by atoms with Crippen molar-refractivity contribution in [3.63, 3.8) is 0 Å². The van der Waals surface area contributed by atoms with Gasteiger partial charge in [-0.3, -0.25) is 14.4 Å². The monoisotopic (exact) mass is 373 g/mol. The van der Waals surface area contributed by atoms with Crippen LogP contribution in [-0.2, 0) is 14.3 Å². The molecular weight excluding hydrogens is 342 g/mol. The molecule has 148 valence electrons. The number of piperidine rings is 1. The standard InChI is InChI=1S/C22H31NO4/c1-14-7-8-18(13-15(14)2)19(24)16(3)27-20(25)17-9-11-23(12-10-17)21(26)22(4,5)6/h7-8,13,16-17H,9-12H2,1-6H3/t16-/m1/s1. The summed E-state index contributed by atoms with van der Waals surface area (Å²) in [7, 11) is 0. The maximum absolute atomic E-state index is 12.5. The van der Waals surface area contributed by atoms with Gasteiger partial charge in [-0.2, -0.15) is 0 Å². The van der Waals surface area contributed by atoms with E-state index in [9.17, 15) is 14.4 Å². The van der Waals surface area contributed by atoms with Crippen LogP contribution >= 0.6 is 0 Å². The van der Waals surface area contributed by atoms with E-state index in [1.165, 1.54) is 0 Å². The van der Waals surface area contributed by atoms with Gasteiger partial charge in [0.05, 0.1) is 5.92 Å². The lowest BCUT2D eigenvalue weighted by atomic mass is 9.91. The molecule has 27 heavy (non-hydrogen) atoms. The van der Waals surface area contributed by atoms with Crippen LogP contribution in [0.15, 0.2) is 18.2 Å². The Bertz CT molecular complexity index is 724. The molecule has 0 unspecified atom stereocenters. The number of ketones is 1. The molecular formula is C22H31NO4. The largest absolute Gasteiger partial charge is 0.454 e. The number of hydrogen-bond acceptors (Lipinski definition) is 4. The van der Waals surface area contributed by atoms with E-state index in [4.69, 9.17) is 4.74 Å². The molecule has 0 aliphatic carbocycles. The number of ether oxygens (including phenoxy) is 1. The molecule has 0 spiro atoms. The zero-order valence-electron chi connectivity index (χ0n) is 17.3. The Balaban J connectivity index is 1.91. The maximum atomic E-state index is 12.5. The van der Waals surface area contributed by atoms with E-state index in [2.05, 4.69) is 0 Å². The van der Waals surface area contributed by atoms with Crippen molar-refractivity contribution >= 4 is 17.7 Å². The summed E-state index contributed by atoms with van der Waals surface area (Å²) in [6.07, 6.45) is 0.338. The van der Waals surface area contributed by atoms with Crippen LogP contribution in [0.1, 0.15) is 62.0 Å². The number of rotatable bonds is 4. The number of aryl methyl sites for hydroxylation is 2. The summed E-state index contributed by atoms with van der Waals surface area (Å²) >= 11 is 0. The van der Waals surface area contributed by atoms with Gasteiger partial charge < -0.3 is 9.64 Å². The molecule has 1 atom stereocenters. The second-order valence-electron chi connectivity index (χ2n) is 8.56. The average molecular weight is 373 g/mol. The Labute approximate surface area is 162 Å². The van der Waals surface area contributed by atoms with Crippen molar-refractivity contribution in [1.82, 2.24) is 4.90 Å². The highest BCUT2D eigenvalue weighted by atomic mass is 16.5. The van der Waals surface area contributed by atoms with Crippen molar-refractivity contribution in [3.05, 3.63) is 34.9 Å². The molecule has 2 rings (SSSR count). The van der Waals surface area contributed by atoms with Gasteiger partial charge in [-0.15, -0.1) is 0 Å². The van der Waals surface area contributed by atoms with Gasteiger partial charge in [0.2, 0.25) is 11.7 Å². The molecule has 1 fully saturated rings. The molecule has 1 aromatic rings. The van der Waals surface area contributed by atoms with Gasteiger partial charge >= 0.3 is 5.97 Å². The molecule has 1 amide bonds. The lowest BCUT2D eigenvalue weighted by Gasteiger charge is -2.35. The molecule has 0 bridgehead atoms. The zero-order valence-corrected chi connectivity index (χ0v) is 17.3. The minimum Gasteiger partial charge on any atom is -0.454 e. The fourth-order valence-corrected chi connectivity index (χ4v) is 3.25. The fraction of sp³-hybridized carbons (Fsp3) is 0.591. The van der Waals surface area contributed by atoms with Gasteiger partial charge in [-0.1, -0.05) is 32.9 Å². The number of benzene rings is 1. The molecule has 5 heteroatoms. The van der Waals surface area contributed by atoms with E-state index >= 15 is 0 Å². The Morgan fingerprint density at radius 3 is 2.19 bits per heavy atom. The molecule has 0 aromatic heterocycles. The first-order valence-corrected chi connectivity index (χ1v) is 9.62. The summed E-state index contributed by atoms with van der Waals surface area (Å²) in [6, 6.07) is 5.50. The van der Waals surface area contributed by atoms with E-state index in [-0.39, 0.29) is 23.6 Å². The highest BCUT2D eigenvalue weighted by Crippen LogP contribution is 2.25. The maximum Gasteiger partial charge on any atom is 0.309 e. The number of nitrogens with zero attached hydrogens (tertiary/aromatic N) is 1. The van der Waals surface area contributed by atoms with Gasteiger partial charge in [0.25, 0.3) is 0 Å². The second kappa shape index (κ2) is 8.24. The van der Waals surface area contributed by atoms with Gasteiger partial charge in [0, 0.05) is 24.1 Å². The molecule has 1 aliphatic rings. The zero-order chi connectivity index (χ0) is 20.4. The average Bonchev–Trinajstić information content (AvgIpc) is 2.62. The van der Waals surface area contributed by atoms with Crippen molar-refractivity contribution in [2.75, 3.05) is 13.1 Å². The van der Waals surface area contributed by atoms with Gasteiger partial charge in [0.15, 0.2) is 6.10 Å². The SMILES string of the molecule is Cc1ccc(C(=O)[C@@H](C)OC(=O)C2CCN(C(=O)C(C)(C)C)CC2)cc1C. The van der Waals surface area contributed by atoms with E-state index in [0.717, 1.165) is 11.1 Å². The summed E-state index contributed by atoms with van der Waals surface area (Å²) in [5.41, 5.74) is 2.30. The van der Waals surface area contributed by atoms with Crippen LogP contribution in [0.3, 0.4) is 0 Å². The molecule has 0 saturated carbocycles. The molecule has 0 N–H and O–H groups in total. The van der Waals surface area contributed by atoms with Crippen LogP contribution in [0.2, 0.25) is 0 Å². The summed E-state index contributed by atoms with van der Waals surface area (Å²) < 4.78 is 5.45. The number of Topliss-reactive ketones (excluding diaryl/α,β-unsaturated/α-hetero) is 1. The van der Waals surface area contributed by atoms with Crippen molar-refractivity contribution in [1.29, 1.82) is 0 Å². The molecule has 1 aliphatic heterocycles. The predicted octanol–water partition coefficient (Wildman–Crippen LogP) is 3.70. The predicted molar refractivity (Wildman–Crippen MR) is 105 cm³/mol. The van der Waals surface area contributed by atoms with Crippen LogP contribution in [-0.4, -0.2) is 41.8 Å². The second-order valence-corrected chi connectivity index (χ2v) is 8.56. The highest BCUT2D eigenvalue weighted by Gasteiger charge is 2.34.